The smallest absolute Gasteiger partial charge is 0.0558 e. The molecule has 0 rings (SSSR count). The van der Waals surface area contributed by atoms with Gasteiger partial charge in [0.25, 0.3) is 0 Å². The van der Waals surface area contributed by atoms with E-state index >= 15 is 0 Å². The Hall–Kier alpha value is 0.488. The Labute approximate surface area is 113 Å². The Morgan fingerprint density at radius 2 is 1.12 bits per heavy atom. The molecule has 0 spiro atoms. The van der Waals surface area contributed by atoms with E-state index in [1.165, 1.54) is 0 Å². The second kappa shape index (κ2) is 20.8. The van der Waals surface area contributed by atoms with Crippen molar-refractivity contribution in [3.63, 3.8) is 0 Å². The van der Waals surface area contributed by atoms with Gasteiger partial charge in [0.1, 0.15) is 0 Å². The van der Waals surface area contributed by atoms with Crippen molar-refractivity contribution in [2.24, 2.45) is 0 Å². The van der Waals surface area contributed by atoms with Gasteiger partial charge in [-0.2, -0.15) is 0 Å². The van der Waals surface area contributed by atoms with Gasteiger partial charge in [-0.3, -0.25) is 4.90 Å². The molecule has 0 bridgehead atoms. The molecule has 5 nitrogen and oxygen atoms in total. The van der Waals surface area contributed by atoms with Crippen molar-refractivity contribution >= 4 is 0 Å². The molecular weight excluding hydrogens is 380 g/mol. The van der Waals surface area contributed by atoms with E-state index in [0.717, 1.165) is 13.1 Å². The third-order valence-corrected chi connectivity index (χ3v) is 1.75. The van der Waals surface area contributed by atoms with Crippen molar-refractivity contribution in [1.29, 1.82) is 0 Å². The molecule has 0 aromatic carbocycles. The van der Waals surface area contributed by atoms with Crippen LogP contribution in [0.1, 0.15) is 13.8 Å². The van der Waals surface area contributed by atoms with Gasteiger partial charge < -0.3 is 20.6 Å². The zero-order chi connectivity index (χ0) is 11.9. The molecular formula is C10H26N2O3W. The van der Waals surface area contributed by atoms with Gasteiger partial charge in [-0.25, -0.2) is 0 Å². The second-order valence-electron chi connectivity index (χ2n) is 2.97. The summed E-state index contributed by atoms with van der Waals surface area (Å²) in [6.07, 6.45) is 0. The Morgan fingerprint density at radius 3 is 1.25 bits per heavy atom. The zero-order valence-electron chi connectivity index (χ0n) is 10.4. The normalized spacial score (nSPS) is 9.38. The molecule has 0 aliphatic rings. The quantitative estimate of drug-likeness (QED) is 0.411. The average molecular weight is 406 g/mol. The summed E-state index contributed by atoms with van der Waals surface area (Å²) in [5.74, 6) is 0. The van der Waals surface area contributed by atoms with Crippen LogP contribution in [-0.4, -0.2) is 72.8 Å². The summed E-state index contributed by atoms with van der Waals surface area (Å²) in [5.41, 5.74) is 0. The van der Waals surface area contributed by atoms with Crippen LogP contribution in [0.3, 0.4) is 0 Å². The third kappa shape index (κ3) is 20.0. The van der Waals surface area contributed by atoms with Gasteiger partial charge in [0.2, 0.25) is 0 Å². The van der Waals surface area contributed by atoms with E-state index in [0.29, 0.717) is 19.6 Å². The van der Waals surface area contributed by atoms with E-state index in [4.69, 9.17) is 15.3 Å². The Morgan fingerprint density at radius 1 is 0.812 bits per heavy atom. The molecule has 0 aromatic rings. The second-order valence-corrected chi connectivity index (χ2v) is 2.97. The Kier molecular flexibility index (Phi) is 28.3. The number of nitrogens with one attached hydrogen (secondary N) is 1. The molecule has 0 aromatic heterocycles. The van der Waals surface area contributed by atoms with E-state index in [-0.39, 0.29) is 40.9 Å². The number of nitrogens with zero attached hydrogens (tertiary/aromatic N) is 1. The summed E-state index contributed by atoms with van der Waals surface area (Å²) in [6, 6.07) is 0. The Balaban J connectivity index is -0.000000242. The first-order valence-corrected chi connectivity index (χ1v) is 5.52. The van der Waals surface area contributed by atoms with Crippen LogP contribution in [-0.2, 0) is 21.1 Å². The summed E-state index contributed by atoms with van der Waals surface area (Å²) < 4.78 is 0. The van der Waals surface area contributed by atoms with Gasteiger partial charge in [0.05, 0.1) is 19.8 Å². The van der Waals surface area contributed by atoms with E-state index in [9.17, 15) is 0 Å². The maximum Gasteiger partial charge on any atom is 0.0558 e. The molecule has 0 amide bonds. The van der Waals surface area contributed by atoms with E-state index in [1.54, 1.807) is 4.90 Å². The standard InChI is InChI=1S/C6H15NO3.C4H11N.W/c8-4-1-7(2-5-9)3-6-10;1-3-5-4-2;/h8-10H,1-6H2;5H,3-4H2,1-2H3;. The van der Waals surface area contributed by atoms with Gasteiger partial charge in [-0.15, -0.1) is 0 Å². The summed E-state index contributed by atoms with van der Waals surface area (Å²) in [7, 11) is 0. The Bertz CT molecular complexity index is 93.8. The number of aliphatic hydroxyl groups is 3. The zero-order valence-corrected chi connectivity index (χ0v) is 13.3. The van der Waals surface area contributed by atoms with Gasteiger partial charge in [0, 0.05) is 40.7 Å². The van der Waals surface area contributed by atoms with Crippen LogP contribution in [0, 0.1) is 0 Å². The van der Waals surface area contributed by atoms with Crippen LogP contribution >= 0.6 is 0 Å². The van der Waals surface area contributed by atoms with Crippen molar-refractivity contribution in [2.75, 3.05) is 52.5 Å². The molecule has 0 radical (unpaired) electrons. The average Bonchev–Trinajstić information content (AvgIpc) is 2.21. The van der Waals surface area contributed by atoms with Gasteiger partial charge in [-0.1, -0.05) is 13.8 Å². The SMILES string of the molecule is CCNCC.OCCN(CCO)CCO.[W]. The number of hydrogen-bond donors (Lipinski definition) is 4. The van der Waals surface area contributed by atoms with Crippen LogP contribution in [0.25, 0.3) is 0 Å². The van der Waals surface area contributed by atoms with E-state index in [1.807, 2.05) is 0 Å². The van der Waals surface area contributed by atoms with E-state index in [2.05, 4.69) is 19.2 Å². The first-order chi connectivity index (χ1) is 7.26. The monoisotopic (exact) mass is 406 g/mol. The van der Waals surface area contributed by atoms with Crippen LogP contribution in [0.15, 0.2) is 0 Å². The van der Waals surface area contributed by atoms with Crippen molar-refractivity contribution in [1.82, 2.24) is 10.2 Å². The first kappa shape index (κ1) is 21.7. The minimum atomic E-state index is 0. The number of hydrogen-bond acceptors (Lipinski definition) is 5. The molecule has 0 saturated heterocycles. The van der Waals surface area contributed by atoms with Crippen molar-refractivity contribution in [2.45, 2.75) is 13.8 Å². The molecule has 0 saturated carbocycles. The molecule has 4 N–H and O–H groups in total. The summed E-state index contributed by atoms with van der Waals surface area (Å²) >= 11 is 0. The van der Waals surface area contributed by atoms with Crippen molar-refractivity contribution in [3.05, 3.63) is 0 Å². The first-order valence-electron chi connectivity index (χ1n) is 5.52. The minimum Gasteiger partial charge on any atom is -0.395 e. The fraction of sp³-hybridized carbons (Fsp3) is 1.00. The van der Waals surface area contributed by atoms with Crippen LogP contribution in [0.4, 0.5) is 0 Å². The van der Waals surface area contributed by atoms with Gasteiger partial charge in [0.15, 0.2) is 0 Å². The maximum atomic E-state index is 8.48. The van der Waals surface area contributed by atoms with Gasteiger partial charge in [-0.05, 0) is 13.1 Å². The molecule has 16 heavy (non-hydrogen) atoms. The molecule has 0 atom stereocenters. The molecule has 100 valence electrons. The van der Waals surface area contributed by atoms with Crippen LogP contribution in [0.5, 0.6) is 0 Å². The molecule has 0 heterocycles. The maximum absolute atomic E-state index is 8.48. The summed E-state index contributed by atoms with van der Waals surface area (Å²) in [5, 5.41) is 28.6. The predicted octanol–water partition coefficient (Wildman–Crippen LogP) is -1.12. The van der Waals surface area contributed by atoms with Crippen molar-refractivity contribution in [3.8, 4) is 0 Å². The number of aliphatic hydroxyl groups excluding tert-OH is 3. The molecule has 0 aliphatic carbocycles. The number of rotatable bonds is 8. The third-order valence-electron chi connectivity index (χ3n) is 1.75. The largest absolute Gasteiger partial charge is 0.395 e. The van der Waals surface area contributed by atoms with Crippen LogP contribution < -0.4 is 5.32 Å². The molecule has 0 unspecified atom stereocenters. The fourth-order valence-corrected chi connectivity index (χ4v) is 1.01. The fourth-order valence-electron chi connectivity index (χ4n) is 1.01. The topological polar surface area (TPSA) is 76.0 Å². The predicted molar refractivity (Wildman–Crippen MR) is 61.9 cm³/mol. The summed E-state index contributed by atoms with van der Waals surface area (Å²) in [6.45, 7) is 8.14. The summed E-state index contributed by atoms with van der Waals surface area (Å²) in [4.78, 5) is 1.79. The molecule has 0 aliphatic heterocycles. The van der Waals surface area contributed by atoms with E-state index < -0.39 is 0 Å². The minimum absolute atomic E-state index is 0. The van der Waals surface area contributed by atoms with Crippen LogP contribution in [0.2, 0.25) is 0 Å². The van der Waals surface area contributed by atoms with Gasteiger partial charge >= 0.3 is 0 Å². The molecule has 0 fully saturated rings. The molecule has 6 heteroatoms. The van der Waals surface area contributed by atoms with Crippen molar-refractivity contribution < 1.29 is 36.4 Å².